The zero-order valence-corrected chi connectivity index (χ0v) is 33.2. The third kappa shape index (κ3) is 10.8. The fourth-order valence-electron chi connectivity index (χ4n) is 11.8. The highest BCUT2D eigenvalue weighted by molar-refractivity contribution is 5.98. The summed E-state index contributed by atoms with van der Waals surface area (Å²) in [6, 6.07) is 0. The van der Waals surface area contributed by atoms with Crippen molar-refractivity contribution in [2.75, 3.05) is 13.2 Å². The summed E-state index contributed by atoms with van der Waals surface area (Å²) in [7, 11) is 0. The second-order valence-electron chi connectivity index (χ2n) is 18.4. The minimum Gasteiger partial charge on any atom is -0.378 e. The van der Waals surface area contributed by atoms with Crippen molar-refractivity contribution in [1.82, 2.24) is 0 Å². The molecule has 3 nitrogen and oxygen atoms in total. The van der Waals surface area contributed by atoms with Crippen molar-refractivity contribution >= 4 is 5.78 Å². The predicted octanol–water partition coefficient (Wildman–Crippen LogP) is 13.7. The normalized spacial score (nSPS) is 36.2. The molecule has 0 atom stereocenters. The highest BCUT2D eigenvalue weighted by Crippen LogP contribution is 2.66. The molecular weight excluding hydrogens is 620 g/mol. The smallest absolute Gasteiger partial charge is 0.151 e. The van der Waals surface area contributed by atoms with Gasteiger partial charge in [-0.25, -0.2) is 4.39 Å². The highest BCUT2D eigenvalue weighted by Gasteiger charge is 2.71. The number of hydrogen-bond acceptors (Lipinski definition) is 3. The van der Waals surface area contributed by atoms with Gasteiger partial charge in [-0.2, -0.15) is 0 Å². The van der Waals surface area contributed by atoms with Crippen LogP contribution >= 0.6 is 0 Å². The molecule has 0 bridgehead atoms. The summed E-state index contributed by atoms with van der Waals surface area (Å²) in [4.78, 5) is 14.0. The Hall–Kier alpha value is -0.480. The second kappa shape index (κ2) is 21.4. The van der Waals surface area contributed by atoms with Gasteiger partial charge in [0, 0.05) is 13.2 Å². The summed E-state index contributed by atoms with van der Waals surface area (Å²) in [5, 5.41) is 0. The van der Waals surface area contributed by atoms with E-state index in [1.807, 2.05) is 0 Å². The quantitative estimate of drug-likeness (QED) is 0.105. The van der Waals surface area contributed by atoms with E-state index < -0.39 is 17.0 Å². The third-order valence-electron chi connectivity index (χ3n) is 15.2. The van der Waals surface area contributed by atoms with Gasteiger partial charge in [-0.05, 0) is 139 Å². The van der Waals surface area contributed by atoms with E-state index in [9.17, 15) is 4.79 Å². The van der Waals surface area contributed by atoms with Crippen LogP contribution in [0.1, 0.15) is 219 Å². The number of alkyl halides is 1. The summed E-state index contributed by atoms with van der Waals surface area (Å²) in [5.74, 6) is 3.27. The Morgan fingerprint density at radius 1 is 0.460 bits per heavy atom. The average molecular weight is 701 g/mol. The van der Waals surface area contributed by atoms with E-state index in [1.54, 1.807) is 0 Å². The minimum absolute atomic E-state index is 0.352. The molecule has 0 unspecified atom stereocenters. The molecule has 0 saturated heterocycles. The molecule has 0 heterocycles. The minimum atomic E-state index is -0.884. The number of unbranched alkanes of at least 4 members (excludes halogenated alkanes) is 14. The number of ether oxygens (including phenoxy) is 2. The lowest BCUT2D eigenvalue weighted by atomic mass is 9.41. The molecule has 2 spiro atoms. The van der Waals surface area contributed by atoms with Gasteiger partial charge in [-0.3, -0.25) is 4.79 Å². The van der Waals surface area contributed by atoms with Crippen LogP contribution in [-0.2, 0) is 14.3 Å². The van der Waals surface area contributed by atoms with E-state index in [0.717, 1.165) is 76.4 Å². The van der Waals surface area contributed by atoms with Gasteiger partial charge >= 0.3 is 0 Å². The lowest BCUT2D eigenvalue weighted by Gasteiger charge is -2.62. The van der Waals surface area contributed by atoms with Crippen molar-refractivity contribution in [3.8, 4) is 0 Å². The van der Waals surface area contributed by atoms with Crippen molar-refractivity contribution in [2.24, 2.45) is 34.5 Å². The van der Waals surface area contributed by atoms with Crippen LogP contribution in [0.25, 0.3) is 0 Å². The van der Waals surface area contributed by atoms with E-state index in [4.69, 9.17) is 9.47 Å². The topological polar surface area (TPSA) is 35.5 Å². The van der Waals surface area contributed by atoms with Crippen molar-refractivity contribution in [1.29, 1.82) is 0 Å². The first-order valence-electron chi connectivity index (χ1n) is 22.9. The lowest BCUT2D eigenvalue weighted by Crippen LogP contribution is -2.69. The third-order valence-corrected chi connectivity index (χ3v) is 15.2. The summed E-state index contributed by atoms with van der Waals surface area (Å²) in [6.07, 6.45) is 39.1. The molecule has 0 aromatic heterocycles. The van der Waals surface area contributed by atoms with Crippen LogP contribution in [0.15, 0.2) is 0 Å². The van der Waals surface area contributed by atoms with Gasteiger partial charge in [0.25, 0.3) is 0 Å². The first kappa shape index (κ1) is 40.7. The number of carbonyl (C=O) groups is 1. The second-order valence-corrected chi connectivity index (χ2v) is 18.4. The number of halogens is 1. The van der Waals surface area contributed by atoms with E-state index in [0.29, 0.717) is 29.8 Å². The van der Waals surface area contributed by atoms with Gasteiger partial charge in [0.2, 0.25) is 0 Å². The van der Waals surface area contributed by atoms with Crippen LogP contribution in [0.4, 0.5) is 4.39 Å². The molecule has 0 N–H and O–H groups in total. The van der Waals surface area contributed by atoms with Gasteiger partial charge in [0.15, 0.2) is 5.78 Å². The Kier molecular flexibility index (Phi) is 17.4. The van der Waals surface area contributed by atoms with Crippen LogP contribution in [0.5, 0.6) is 0 Å². The molecule has 5 aliphatic carbocycles. The standard InChI is InChI=1S/C46H81FO3/c1-3-5-7-9-11-13-15-17-35-49-41-23-19-37(20-24-41)39-27-31-45(32-28-39)43(47)46(44(45)48)33-29-40(30-34-46)38-21-25-42(26-22-38)50-36-18-16-14-12-10-8-6-4-2/h37-43H,3-36H2,1-2H3/t37-,38-,39?,40?,41-,42-,43?,45?,46?. The summed E-state index contributed by atoms with van der Waals surface area (Å²) >= 11 is 0. The zero-order valence-electron chi connectivity index (χ0n) is 33.2. The van der Waals surface area contributed by atoms with Gasteiger partial charge in [0.05, 0.1) is 23.0 Å². The average Bonchev–Trinajstić information content (AvgIpc) is 3.17. The molecule has 0 aliphatic heterocycles. The number of Topliss-reactive ketones (excluding diaryl/α,β-unsaturated/α-hetero) is 1. The molecule has 0 amide bonds. The van der Waals surface area contributed by atoms with E-state index in [-0.39, 0.29) is 0 Å². The van der Waals surface area contributed by atoms with Crippen molar-refractivity contribution in [3.05, 3.63) is 0 Å². The Balaban J connectivity index is 0.911. The Labute approximate surface area is 309 Å². The highest BCUT2D eigenvalue weighted by atomic mass is 19.1. The van der Waals surface area contributed by atoms with Gasteiger partial charge in [0.1, 0.15) is 6.17 Å². The monoisotopic (exact) mass is 701 g/mol. The van der Waals surface area contributed by atoms with Crippen LogP contribution < -0.4 is 0 Å². The Morgan fingerprint density at radius 2 is 0.760 bits per heavy atom. The number of rotatable bonds is 22. The first-order valence-corrected chi connectivity index (χ1v) is 22.9. The molecule has 5 saturated carbocycles. The molecule has 0 aromatic carbocycles. The molecule has 4 heteroatoms. The molecule has 5 aliphatic rings. The molecule has 5 fully saturated rings. The summed E-state index contributed by atoms with van der Waals surface area (Å²) in [6.45, 7) is 6.44. The van der Waals surface area contributed by atoms with E-state index >= 15 is 4.39 Å². The molecule has 0 aromatic rings. The number of carbonyl (C=O) groups excluding carboxylic acids is 1. The largest absolute Gasteiger partial charge is 0.378 e. The zero-order chi connectivity index (χ0) is 35.1. The Bertz CT molecular complexity index is 846. The maximum atomic E-state index is 16.4. The van der Waals surface area contributed by atoms with Crippen LogP contribution in [0, 0.1) is 34.5 Å². The maximum Gasteiger partial charge on any atom is 0.151 e. The van der Waals surface area contributed by atoms with Crippen molar-refractivity contribution in [3.63, 3.8) is 0 Å². The fraction of sp³-hybridized carbons (Fsp3) is 0.978. The van der Waals surface area contributed by atoms with Gasteiger partial charge < -0.3 is 9.47 Å². The van der Waals surface area contributed by atoms with Crippen molar-refractivity contribution < 1.29 is 18.7 Å². The summed E-state index contributed by atoms with van der Waals surface area (Å²) < 4.78 is 29.0. The van der Waals surface area contributed by atoms with Crippen LogP contribution in [0.2, 0.25) is 0 Å². The molecule has 5 rings (SSSR count). The van der Waals surface area contributed by atoms with Gasteiger partial charge in [-0.1, -0.05) is 104 Å². The molecule has 290 valence electrons. The van der Waals surface area contributed by atoms with E-state index in [2.05, 4.69) is 13.8 Å². The number of ketones is 1. The number of hydrogen-bond donors (Lipinski definition) is 0. The Morgan fingerprint density at radius 3 is 1.08 bits per heavy atom. The van der Waals surface area contributed by atoms with Crippen LogP contribution in [-0.4, -0.2) is 37.4 Å². The summed E-state index contributed by atoms with van der Waals surface area (Å²) in [5.41, 5.74) is -1.24. The van der Waals surface area contributed by atoms with E-state index in [1.165, 1.54) is 154 Å². The lowest BCUT2D eigenvalue weighted by molar-refractivity contribution is -0.195. The fourth-order valence-corrected chi connectivity index (χ4v) is 11.8. The van der Waals surface area contributed by atoms with Crippen LogP contribution in [0.3, 0.4) is 0 Å². The molecular formula is C46H81FO3. The molecule has 0 radical (unpaired) electrons. The van der Waals surface area contributed by atoms with Crippen molar-refractivity contribution in [2.45, 2.75) is 238 Å². The predicted molar refractivity (Wildman–Crippen MR) is 207 cm³/mol. The van der Waals surface area contributed by atoms with Gasteiger partial charge in [-0.15, -0.1) is 0 Å². The first-order chi connectivity index (χ1) is 24.5. The molecule has 50 heavy (non-hydrogen) atoms. The SMILES string of the molecule is CCCCCCCCCCO[C@H]1CC[C@H](C2CCC3(CC2)C(=O)C2(CCC([C@H]4CC[C@H](OCCCCCCCCCC)CC4)CC2)C3F)CC1. The maximum absolute atomic E-state index is 16.4.